The zero-order valence-corrected chi connectivity index (χ0v) is 12.3. The van der Waals surface area contributed by atoms with Gasteiger partial charge in [0.25, 0.3) is 0 Å². The topological polar surface area (TPSA) is 75.6 Å². The Morgan fingerprint density at radius 3 is 2.71 bits per heavy atom. The van der Waals surface area contributed by atoms with E-state index in [9.17, 15) is 18.0 Å². The van der Waals surface area contributed by atoms with Crippen LogP contribution in [-0.4, -0.2) is 37.6 Å². The maximum Gasteiger partial charge on any atom is 0.434 e. The van der Waals surface area contributed by atoms with Crippen LogP contribution < -0.4 is 10.6 Å². The maximum atomic E-state index is 12.4. The van der Waals surface area contributed by atoms with Crippen LogP contribution in [0.25, 0.3) is 0 Å². The summed E-state index contributed by atoms with van der Waals surface area (Å²) in [6.45, 7) is 0.413. The monoisotopic (exact) mass is 324 g/mol. The molecule has 118 valence electrons. The third-order valence-corrected chi connectivity index (χ3v) is 3.17. The summed E-state index contributed by atoms with van der Waals surface area (Å²) >= 11 is 0.911. The van der Waals surface area contributed by atoms with E-state index in [1.54, 1.807) is 0 Å². The van der Waals surface area contributed by atoms with Crippen LogP contribution in [0.4, 0.5) is 13.2 Å². The van der Waals surface area contributed by atoms with Gasteiger partial charge < -0.3 is 15.4 Å². The molecule has 1 aromatic heterocycles. The van der Waals surface area contributed by atoms with Gasteiger partial charge in [-0.25, -0.2) is 4.98 Å². The van der Waals surface area contributed by atoms with Gasteiger partial charge in [0.05, 0.1) is 20.1 Å². The van der Waals surface area contributed by atoms with Crippen LogP contribution in [-0.2, 0) is 22.3 Å². The molecule has 0 radical (unpaired) electrons. The molecule has 0 bridgehead atoms. The molecule has 0 saturated carbocycles. The van der Waals surface area contributed by atoms with Crippen molar-refractivity contribution in [2.75, 3.05) is 20.7 Å². The molecule has 0 atom stereocenters. The maximum absolute atomic E-state index is 12.4. The minimum Gasteiger partial charge on any atom is -0.469 e. The highest BCUT2D eigenvalue weighted by atomic mass is 32.1. The number of alkyl halides is 3. The number of methoxy groups -OCH3 is 1. The number of aliphatic imine (C=N–C) groups is 1. The first-order valence-electron chi connectivity index (χ1n) is 5.89. The zero-order chi connectivity index (χ0) is 15.9. The molecular weight excluding hydrogens is 309 g/mol. The average Bonchev–Trinajstić information content (AvgIpc) is 2.91. The van der Waals surface area contributed by atoms with Gasteiger partial charge in [0.1, 0.15) is 5.01 Å². The number of thiazole rings is 1. The molecule has 0 spiro atoms. The molecule has 0 unspecified atom stereocenters. The molecule has 0 saturated heterocycles. The largest absolute Gasteiger partial charge is 0.469 e. The predicted octanol–water partition coefficient (Wildman–Crippen LogP) is 1.39. The molecule has 0 amide bonds. The Morgan fingerprint density at radius 2 is 2.19 bits per heavy atom. The van der Waals surface area contributed by atoms with Gasteiger partial charge in [-0.2, -0.15) is 13.2 Å². The highest BCUT2D eigenvalue weighted by Gasteiger charge is 2.33. The molecule has 10 heteroatoms. The SMILES string of the molecule is CN=C(NCCC(=O)OC)NCc1nc(C(F)(F)F)cs1. The second-order valence-electron chi connectivity index (χ2n) is 3.80. The van der Waals surface area contributed by atoms with Crippen LogP contribution in [0.3, 0.4) is 0 Å². The van der Waals surface area contributed by atoms with E-state index in [0.29, 0.717) is 17.5 Å². The fourth-order valence-electron chi connectivity index (χ4n) is 1.29. The molecular formula is C11H15F3N4O2S. The number of carbonyl (C=O) groups is 1. The number of esters is 1. The average molecular weight is 324 g/mol. The van der Waals surface area contributed by atoms with Crippen molar-refractivity contribution in [2.24, 2.45) is 4.99 Å². The molecule has 0 aromatic carbocycles. The first-order chi connectivity index (χ1) is 9.86. The lowest BCUT2D eigenvalue weighted by atomic mass is 10.4. The summed E-state index contributed by atoms with van der Waals surface area (Å²) in [6.07, 6.45) is -4.28. The van der Waals surface area contributed by atoms with Crippen molar-refractivity contribution in [2.45, 2.75) is 19.1 Å². The fourth-order valence-corrected chi connectivity index (χ4v) is 2.03. The van der Waals surface area contributed by atoms with Crippen molar-refractivity contribution in [3.63, 3.8) is 0 Å². The summed E-state index contributed by atoms with van der Waals surface area (Å²) < 4.78 is 41.6. The van der Waals surface area contributed by atoms with Gasteiger partial charge >= 0.3 is 12.1 Å². The van der Waals surface area contributed by atoms with Crippen LogP contribution >= 0.6 is 11.3 Å². The van der Waals surface area contributed by atoms with Gasteiger partial charge in [-0.3, -0.25) is 9.79 Å². The van der Waals surface area contributed by atoms with Gasteiger partial charge in [0.2, 0.25) is 0 Å². The van der Waals surface area contributed by atoms with Crippen molar-refractivity contribution in [1.82, 2.24) is 15.6 Å². The van der Waals surface area contributed by atoms with Crippen LogP contribution in [0, 0.1) is 0 Å². The molecule has 1 rings (SSSR count). The Hall–Kier alpha value is -1.84. The van der Waals surface area contributed by atoms with E-state index < -0.39 is 11.9 Å². The van der Waals surface area contributed by atoms with Crippen molar-refractivity contribution < 1.29 is 22.7 Å². The van der Waals surface area contributed by atoms with Gasteiger partial charge in [-0.05, 0) is 0 Å². The number of nitrogens with zero attached hydrogens (tertiary/aromatic N) is 2. The fraction of sp³-hybridized carbons (Fsp3) is 0.545. The normalized spacial score (nSPS) is 12.1. The molecule has 0 fully saturated rings. The number of hydrogen-bond acceptors (Lipinski definition) is 5. The predicted molar refractivity (Wildman–Crippen MR) is 72.0 cm³/mol. The highest BCUT2D eigenvalue weighted by molar-refractivity contribution is 7.09. The zero-order valence-electron chi connectivity index (χ0n) is 11.5. The molecule has 0 aliphatic rings. The smallest absolute Gasteiger partial charge is 0.434 e. The lowest BCUT2D eigenvalue weighted by Crippen LogP contribution is -2.37. The standard InChI is InChI=1S/C11H15F3N4O2S/c1-15-10(16-4-3-9(19)20-2)17-5-8-18-7(6-21-8)11(12,13)14/h6H,3-5H2,1-2H3,(H2,15,16,17). The molecule has 6 nitrogen and oxygen atoms in total. The molecule has 2 N–H and O–H groups in total. The summed E-state index contributed by atoms with van der Waals surface area (Å²) in [6, 6.07) is 0. The lowest BCUT2D eigenvalue weighted by Gasteiger charge is -2.10. The van der Waals surface area contributed by atoms with Gasteiger partial charge in [0, 0.05) is 19.0 Å². The number of halogens is 3. The van der Waals surface area contributed by atoms with Crippen LogP contribution in [0.1, 0.15) is 17.1 Å². The number of guanidine groups is 1. The Balaban J connectivity index is 2.42. The third-order valence-electron chi connectivity index (χ3n) is 2.32. The van der Waals surface area contributed by atoms with E-state index in [4.69, 9.17) is 0 Å². The Labute approximate surface area is 123 Å². The van der Waals surface area contributed by atoms with E-state index in [2.05, 4.69) is 25.3 Å². The van der Waals surface area contributed by atoms with Gasteiger partial charge in [0.15, 0.2) is 11.7 Å². The summed E-state index contributed by atoms with van der Waals surface area (Å²) in [4.78, 5) is 18.3. The number of nitrogens with one attached hydrogen (secondary N) is 2. The molecule has 21 heavy (non-hydrogen) atoms. The van der Waals surface area contributed by atoms with Crippen molar-refractivity contribution in [3.05, 3.63) is 16.1 Å². The van der Waals surface area contributed by atoms with E-state index in [0.717, 1.165) is 16.7 Å². The Morgan fingerprint density at radius 1 is 1.48 bits per heavy atom. The molecule has 1 heterocycles. The molecule has 0 aliphatic heterocycles. The summed E-state index contributed by atoms with van der Waals surface area (Å²) in [5.41, 5.74) is -0.905. The Kier molecular flexibility index (Phi) is 6.40. The van der Waals surface area contributed by atoms with Crippen LogP contribution in [0.2, 0.25) is 0 Å². The van der Waals surface area contributed by atoms with Crippen LogP contribution in [0.5, 0.6) is 0 Å². The first kappa shape index (κ1) is 17.2. The summed E-state index contributed by atoms with van der Waals surface area (Å²) in [7, 11) is 2.80. The van der Waals surface area contributed by atoms with E-state index in [-0.39, 0.29) is 18.9 Å². The second-order valence-corrected chi connectivity index (χ2v) is 4.75. The third kappa shape index (κ3) is 5.98. The molecule has 1 aromatic rings. The number of hydrogen-bond donors (Lipinski definition) is 2. The lowest BCUT2D eigenvalue weighted by molar-refractivity contribution is -0.141. The van der Waals surface area contributed by atoms with Crippen molar-refractivity contribution in [1.29, 1.82) is 0 Å². The van der Waals surface area contributed by atoms with Crippen molar-refractivity contribution >= 4 is 23.3 Å². The quantitative estimate of drug-likeness (QED) is 0.486. The first-order valence-corrected chi connectivity index (χ1v) is 6.77. The highest BCUT2D eigenvalue weighted by Crippen LogP contribution is 2.29. The van der Waals surface area contributed by atoms with E-state index in [1.165, 1.54) is 14.2 Å². The number of ether oxygens (including phenoxy) is 1. The van der Waals surface area contributed by atoms with Crippen LogP contribution in [0.15, 0.2) is 10.4 Å². The minimum absolute atomic E-state index is 0.110. The Bertz CT molecular complexity index is 502. The second kappa shape index (κ2) is 7.81. The summed E-state index contributed by atoms with van der Waals surface area (Å²) in [5, 5.41) is 6.90. The summed E-state index contributed by atoms with van der Waals surface area (Å²) in [5.74, 6) is -0.00430. The number of carbonyl (C=O) groups excluding carboxylic acids is 1. The van der Waals surface area contributed by atoms with E-state index in [1.807, 2.05) is 0 Å². The number of rotatable bonds is 5. The van der Waals surface area contributed by atoms with Gasteiger partial charge in [-0.15, -0.1) is 11.3 Å². The number of aromatic nitrogens is 1. The van der Waals surface area contributed by atoms with E-state index >= 15 is 0 Å². The van der Waals surface area contributed by atoms with Crippen molar-refractivity contribution in [3.8, 4) is 0 Å². The minimum atomic E-state index is -4.44. The van der Waals surface area contributed by atoms with Gasteiger partial charge in [-0.1, -0.05) is 0 Å². The molecule has 0 aliphatic carbocycles.